The predicted molar refractivity (Wildman–Crippen MR) is 82.7 cm³/mol. The molecule has 0 spiro atoms. The van der Waals surface area contributed by atoms with Crippen molar-refractivity contribution in [3.63, 3.8) is 0 Å². The lowest BCUT2D eigenvalue weighted by Crippen LogP contribution is -2.18. The van der Waals surface area contributed by atoms with E-state index in [1.807, 2.05) is 18.2 Å². The number of rotatable bonds is 2. The van der Waals surface area contributed by atoms with Crippen LogP contribution in [0.5, 0.6) is 11.5 Å². The number of halogens is 1. The van der Waals surface area contributed by atoms with E-state index < -0.39 is 6.10 Å². The Hall–Kier alpha value is -1.04. The van der Waals surface area contributed by atoms with Gasteiger partial charge in [0.2, 0.25) is 0 Å². The molecule has 1 aliphatic rings. The highest BCUT2D eigenvalue weighted by molar-refractivity contribution is 9.10. The van der Waals surface area contributed by atoms with E-state index in [0.717, 1.165) is 20.7 Å². The van der Waals surface area contributed by atoms with E-state index in [1.165, 1.54) is 4.88 Å². The van der Waals surface area contributed by atoms with E-state index in [4.69, 9.17) is 9.47 Å². The molecule has 2 aromatic rings. The molecule has 0 saturated heterocycles. The van der Waals surface area contributed by atoms with Gasteiger partial charge < -0.3 is 14.6 Å². The second-order valence-corrected chi connectivity index (χ2v) is 6.96. The van der Waals surface area contributed by atoms with Crippen LogP contribution in [0.2, 0.25) is 0 Å². The van der Waals surface area contributed by atoms with E-state index >= 15 is 0 Å². The third kappa shape index (κ3) is 2.45. The first-order valence-corrected chi connectivity index (χ1v) is 7.98. The van der Waals surface area contributed by atoms with Crippen LogP contribution >= 0.6 is 27.3 Å². The summed E-state index contributed by atoms with van der Waals surface area (Å²) >= 11 is 5.22. The number of aliphatic hydroxyl groups is 1. The van der Waals surface area contributed by atoms with Crippen LogP contribution in [0.1, 0.15) is 33.9 Å². The fourth-order valence-corrected chi connectivity index (χ4v) is 3.97. The summed E-state index contributed by atoms with van der Waals surface area (Å²) in [5, 5.41) is 10.3. The molecule has 0 aliphatic carbocycles. The highest BCUT2D eigenvalue weighted by atomic mass is 79.9. The molecule has 0 fully saturated rings. The number of hydrogen-bond donors (Lipinski definition) is 1. The van der Waals surface area contributed by atoms with Crippen LogP contribution in [0.3, 0.4) is 0 Å². The molecule has 1 aromatic carbocycles. The van der Waals surface area contributed by atoms with Gasteiger partial charge in [-0.15, -0.1) is 11.3 Å². The van der Waals surface area contributed by atoms with Crippen molar-refractivity contribution < 1.29 is 14.6 Å². The van der Waals surface area contributed by atoms with E-state index in [-0.39, 0.29) is 6.10 Å². The molecule has 1 aliphatic heterocycles. The van der Waals surface area contributed by atoms with Gasteiger partial charge in [0.25, 0.3) is 0 Å². The number of ether oxygens (including phenoxy) is 2. The van der Waals surface area contributed by atoms with Gasteiger partial charge in [-0.2, -0.15) is 0 Å². The van der Waals surface area contributed by atoms with Crippen molar-refractivity contribution in [3.05, 3.63) is 44.1 Å². The molecule has 5 heteroatoms. The first-order valence-electron chi connectivity index (χ1n) is 6.37. The minimum absolute atomic E-state index is 0.111. The number of methoxy groups -OCH3 is 1. The van der Waals surface area contributed by atoms with Crippen LogP contribution in [-0.4, -0.2) is 12.2 Å². The number of thiophene rings is 1. The number of aliphatic hydroxyl groups excluding tert-OH is 1. The summed E-state index contributed by atoms with van der Waals surface area (Å²) < 4.78 is 12.4. The van der Waals surface area contributed by atoms with Crippen molar-refractivity contribution in [1.29, 1.82) is 0 Å². The Morgan fingerprint density at radius 2 is 2.20 bits per heavy atom. The van der Waals surface area contributed by atoms with Crippen LogP contribution in [0, 0.1) is 6.92 Å². The maximum Gasteiger partial charge on any atom is 0.136 e. The van der Waals surface area contributed by atoms with Gasteiger partial charge in [-0.25, -0.2) is 0 Å². The van der Waals surface area contributed by atoms with Crippen molar-refractivity contribution in [2.75, 3.05) is 7.11 Å². The Morgan fingerprint density at radius 3 is 2.85 bits per heavy atom. The van der Waals surface area contributed by atoms with E-state index in [9.17, 15) is 5.11 Å². The molecule has 0 bridgehead atoms. The van der Waals surface area contributed by atoms with Crippen molar-refractivity contribution >= 4 is 27.3 Å². The third-order valence-electron chi connectivity index (χ3n) is 3.48. The third-order valence-corrected chi connectivity index (χ3v) is 5.71. The van der Waals surface area contributed by atoms with Gasteiger partial charge in [0.05, 0.1) is 13.2 Å². The van der Waals surface area contributed by atoms with Gasteiger partial charge in [0.1, 0.15) is 17.6 Å². The molecule has 20 heavy (non-hydrogen) atoms. The molecule has 106 valence electrons. The summed E-state index contributed by atoms with van der Waals surface area (Å²) in [6.45, 7) is 2.06. The van der Waals surface area contributed by atoms with Crippen molar-refractivity contribution in [2.45, 2.75) is 25.6 Å². The number of aryl methyl sites for hydroxylation is 1. The van der Waals surface area contributed by atoms with E-state index in [0.29, 0.717) is 12.2 Å². The van der Waals surface area contributed by atoms with Crippen molar-refractivity contribution in [3.8, 4) is 11.5 Å². The van der Waals surface area contributed by atoms with Crippen LogP contribution in [0.4, 0.5) is 0 Å². The zero-order chi connectivity index (χ0) is 14.3. The van der Waals surface area contributed by atoms with Gasteiger partial charge >= 0.3 is 0 Å². The van der Waals surface area contributed by atoms with Crippen LogP contribution in [0.25, 0.3) is 0 Å². The molecular formula is C15H15BrO3S. The topological polar surface area (TPSA) is 38.7 Å². The lowest BCUT2D eigenvalue weighted by atomic mass is 9.98. The largest absolute Gasteiger partial charge is 0.497 e. The molecule has 0 radical (unpaired) electrons. The molecule has 3 nitrogen and oxygen atoms in total. The molecular weight excluding hydrogens is 340 g/mol. The monoisotopic (exact) mass is 354 g/mol. The Bertz CT molecular complexity index is 619. The van der Waals surface area contributed by atoms with Crippen LogP contribution in [0.15, 0.2) is 28.7 Å². The van der Waals surface area contributed by atoms with E-state index in [1.54, 1.807) is 18.4 Å². The highest BCUT2D eigenvalue weighted by Gasteiger charge is 2.29. The molecule has 1 aromatic heterocycles. The Balaban J connectivity index is 1.94. The normalized spacial score (nSPS) is 21.2. The SMILES string of the molecule is COc1ccc2c(c1)OC(c1cc(Br)c(C)s1)CC2O. The van der Waals surface area contributed by atoms with Gasteiger partial charge in [-0.1, -0.05) is 0 Å². The molecule has 2 heterocycles. The smallest absolute Gasteiger partial charge is 0.136 e. The first-order chi connectivity index (χ1) is 9.58. The van der Waals surface area contributed by atoms with Crippen LogP contribution in [-0.2, 0) is 0 Å². The lowest BCUT2D eigenvalue weighted by molar-refractivity contribution is 0.0671. The quantitative estimate of drug-likeness (QED) is 0.869. The average molecular weight is 355 g/mol. The second-order valence-electron chi connectivity index (χ2n) is 4.81. The minimum Gasteiger partial charge on any atom is -0.497 e. The van der Waals surface area contributed by atoms with Gasteiger partial charge in [-0.3, -0.25) is 0 Å². The summed E-state index contributed by atoms with van der Waals surface area (Å²) in [7, 11) is 1.62. The standard InChI is InChI=1S/C15H15BrO3S/c1-8-11(16)6-15(20-8)14-7-12(17)10-4-3-9(18-2)5-13(10)19-14/h3-6,12,14,17H,7H2,1-2H3. The Kier molecular flexibility index (Phi) is 3.75. The lowest BCUT2D eigenvalue weighted by Gasteiger charge is -2.29. The Labute approximate surface area is 130 Å². The summed E-state index contributed by atoms with van der Waals surface area (Å²) in [5.41, 5.74) is 0.828. The number of hydrogen-bond acceptors (Lipinski definition) is 4. The first kappa shape index (κ1) is 13.9. The molecule has 1 N–H and O–H groups in total. The number of benzene rings is 1. The summed E-state index contributed by atoms with van der Waals surface area (Å²) in [6, 6.07) is 7.62. The maximum atomic E-state index is 10.3. The fraction of sp³-hybridized carbons (Fsp3) is 0.333. The molecule has 2 atom stereocenters. The number of fused-ring (bicyclic) bond motifs is 1. The van der Waals surface area contributed by atoms with Gasteiger partial charge in [0, 0.05) is 32.3 Å². The van der Waals surface area contributed by atoms with Crippen molar-refractivity contribution in [2.24, 2.45) is 0 Å². The second kappa shape index (κ2) is 5.39. The zero-order valence-electron chi connectivity index (χ0n) is 11.2. The van der Waals surface area contributed by atoms with Crippen LogP contribution < -0.4 is 9.47 Å². The van der Waals surface area contributed by atoms with Gasteiger partial charge in [-0.05, 0) is 41.1 Å². The Morgan fingerprint density at radius 1 is 1.40 bits per heavy atom. The van der Waals surface area contributed by atoms with E-state index in [2.05, 4.69) is 28.9 Å². The van der Waals surface area contributed by atoms with Gasteiger partial charge in [0.15, 0.2) is 0 Å². The summed E-state index contributed by atoms with van der Waals surface area (Å²) in [4.78, 5) is 2.34. The maximum absolute atomic E-state index is 10.3. The summed E-state index contributed by atoms with van der Waals surface area (Å²) in [5.74, 6) is 1.44. The molecule has 3 rings (SSSR count). The fourth-order valence-electron chi connectivity index (χ4n) is 2.36. The minimum atomic E-state index is -0.504. The summed E-state index contributed by atoms with van der Waals surface area (Å²) in [6.07, 6.45) is -0.0402. The average Bonchev–Trinajstić information content (AvgIpc) is 2.78. The predicted octanol–water partition coefficient (Wildman–Crippen LogP) is 4.38. The zero-order valence-corrected chi connectivity index (χ0v) is 13.6. The van der Waals surface area contributed by atoms with Crippen molar-refractivity contribution in [1.82, 2.24) is 0 Å². The highest BCUT2D eigenvalue weighted by Crippen LogP contribution is 2.44. The molecule has 0 saturated carbocycles. The molecule has 2 unspecified atom stereocenters. The molecule has 0 amide bonds.